The van der Waals surface area contributed by atoms with Crippen molar-refractivity contribution in [3.63, 3.8) is 0 Å². The Labute approximate surface area is 120 Å². The molecule has 0 saturated carbocycles. The summed E-state index contributed by atoms with van der Waals surface area (Å²) >= 11 is 7.97. The van der Waals surface area contributed by atoms with E-state index in [1.165, 1.54) is 0 Å². The fourth-order valence-electron chi connectivity index (χ4n) is 1.39. The number of nitrogens with zero attached hydrogens (tertiary/aromatic N) is 1. The lowest BCUT2D eigenvalue weighted by Crippen LogP contribution is -2.31. The van der Waals surface area contributed by atoms with Gasteiger partial charge >= 0.3 is 0 Å². The van der Waals surface area contributed by atoms with Crippen molar-refractivity contribution in [2.45, 2.75) is 0 Å². The van der Waals surface area contributed by atoms with E-state index in [-0.39, 0.29) is 5.91 Å². The third kappa shape index (κ3) is 3.85. The molecule has 90 valence electrons. The van der Waals surface area contributed by atoms with Gasteiger partial charge in [0.15, 0.2) is 0 Å². The highest BCUT2D eigenvalue weighted by Gasteiger charge is 2.16. The number of hydrogen-bond donors (Lipinski definition) is 0. The van der Waals surface area contributed by atoms with Crippen LogP contribution in [0.4, 0.5) is 0 Å². The van der Waals surface area contributed by atoms with E-state index in [9.17, 15) is 4.79 Å². The minimum atomic E-state index is -0.0362. The Morgan fingerprint density at radius 1 is 1.35 bits per heavy atom. The Morgan fingerprint density at radius 2 is 1.94 bits per heavy atom. The van der Waals surface area contributed by atoms with Crippen LogP contribution in [0.2, 0.25) is 5.02 Å². The normalized spacial score (nSPS) is 9.76. The molecule has 4 heteroatoms. The van der Waals surface area contributed by atoms with Crippen molar-refractivity contribution in [1.29, 1.82) is 0 Å². The fourth-order valence-corrected chi connectivity index (χ4v) is 2.49. The molecule has 0 fully saturated rings. The quantitative estimate of drug-likeness (QED) is 0.578. The SMILES string of the molecule is C=CCN(CC=C)C(=O)c1ccc(Cl)cc1I. The molecule has 0 spiro atoms. The summed E-state index contributed by atoms with van der Waals surface area (Å²) in [6.07, 6.45) is 3.40. The summed E-state index contributed by atoms with van der Waals surface area (Å²) in [4.78, 5) is 13.9. The Bertz CT molecular complexity index is 435. The minimum Gasteiger partial charge on any atom is -0.331 e. The smallest absolute Gasteiger partial charge is 0.255 e. The maximum Gasteiger partial charge on any atom is 0.255 e. The third-order valence-electron chi connectivity index (χ3n) is 2.15. The molecule has 0 aromatic heterocycles. The van der Waals surface area contributed by atoms with E-state index >= 15 is 0 Å². The van der Waals surface area contributed by atoms with Crippen molar-refractivity contribution >= 4 is 40.1 Å². The maximum atomic E-state index is 12.2. The maximum absolute atomic E-state index is 12.2. The predicted octanol–water partition coefficient (Wildman–Crippen LogP) is 3.76. The molecule has 2 nitrogen and oxygen atoms in total. The average Bonchev–Trinajstić information content (AvgIpc) is 2.28. The first-order valence-corrected chi connectivity index (χ1v) is 6.52. The molecule has 0 heterocycles. The van der Waals surface area contributed by atoms with Crippen LogP contribution in [0, 0.1) is 3.57 Å². The van der Waals surface area contributed by atoms with E-state index in [4.69, 9.17) is 11.6 Å². The molecule has 1 rings (SSSR count). The van der Waals surface area contributed by atoms with Crippen molar-refractivity contribution in [3.05, 3.63) is 57.7 Å². The van der Waals surface area contributed by atoms with Crippen molar-refractivity contribution in [2.75, 3.05) is 13.1 Å². The largest absolute Gasteiger partial charge is 0.331 e. The third-order valence-corrected chi connectivity index (χ3v) is 3.28. The van der Waals surface area contributed by atoms with E-state index in [1.54, 1.807) is 35.3 Å². The zero-order valence-electron chi connectivity index (χ0n) is 9.33. The summed E-state index contributed by atoms with van der Waals surface area (Å²) in [6, 6.07) is 5.23. The Morgan fingerprint density at radius 3 is 2.41 bits per heavy atom. The molecular weight excluding hydrogens is 349 g/mol. The summed E-state index contributed by atoms with van der Waals surface area (Å²) in [6.45, 7) is 8.30. The van der Waals surface area contributed by atoms with E-state index in [0.717, 1.165) is 3.57 Å². The van der Waals surface area contributed by atoms with E-state index in [2.05, 4.69) is 35.7 Å². The van der Waals surface area contributed by atoms with Crippen molar-refractivity contribution in [2.24, 2.45) is 0 Å². The first kappa shape index (κ1) is 14.3. The molecule has 1 aromatic carbocycles. The van der Waals surface area contributed by atoms with E-state index < -0.39 is 0 Å². The molecule has 0 atom stereocenters. The molecule has 0 aliphatic heterocycles. The number of amides is 1. The Balaban J connectivity index is 2.99. The van der Waals surface area contributed by atoms with Gasteiger partial charge in [-0.25, -0.2) is 0 Å². The summed E-state index contributed by atoms with van der Waals surface area (Å²) < 4.78 is 0.846. The number of rotatable bonds is 5. The van der Waals surface area contributed by atoms with Crippen molar-refractivity contribution in [1.82, 2.24) is 4.90 Å². The fraction of sp³-hybridized carbons (Fsp3) is 0.154. The van der Waals surface area contributed by atoms with Crippen LogP contribution in [-0.4, -0.2) is 23.9 Å². The molecule has 0 aliphatic carbocycles. The number of hydrogen-bond acceptors (Lipinski definition) is 1. The van der Waals surface area contributed by atoms with Crippen molar-refractivity contribution < 1.29 is 4.79 Å². The van der Waals surface area contributed by atoms with Crippen LogP contribution in [0.15, 0.2) is 43.5 Å². The molecule has 0 aliphatic rings. The van der Waals surface area contributed by atoms with Crippen LogP contribution in [0.3, 0.4) is 0 Å². The number of carbonyl (C=O) groups excluding carboxylic acids is 1. The second-order valence-corrected chi connectivity index (χ2v) is 5.01. The molecule has 0 unspecified atom stereocenters. The summed E-state index contributed by atoms with van der Waals surface area (Å²) in [5.41, 5.74) is 0.652. The van der Waals surface area contributed by atoms with Crippen LogP contribution in [0.5, 0.6) is 0 Å². The molecule has 0 radical (unpaired) electrons. The lowest BCUT2D eigenvalue weighted by atomic mass is 10.2. The van der Waals surface area contributed by atoms with Gasteiger partial charge in [0, 0.05) is 21.7 Å². The summed E-state index contributed by atoms with van der Waals surface area (Å²) in [5.74, 6) is -0.0362. The highest BCUT2D eigenvalue weighted by atomic mass is 127. The predicted molar refractivity (Wildman–Crippen MR) is 80.5 cm³/mol. The standard InChI is InChI=1S/C13H13ClINO/c1-3-7-16(8-4-2)13(17)11-6-5-10(14)9-12(11)15/h3-6,9H,1-2,7-8H2. The van der Waals surface area contributed by atoms with Crippen LogP contribution >= 0.6 is 34.2 Å². The zero-order valence-corrected chi connectivity index (χ0v) is 12.2. The molecular formula is C13H13ClINO. The second kappa shape index (κ2) is 6.81. The van der Waals surface area contributed by atoms with E-state index in [0.29, 0.717) is 23.7 Å². The average molecular weight is 362 g/mol. The molecule has 0 bridgehead atoms. The Hall–Kier alpha value is -0.810. The molecule has 17 heavy (non-hydrogen) atoms. The number of halogens is 2. The highest BCUT2D eigenvalue weighted by Crippen LogP contribution is 2.19. The van der Waals surface area contributed by atoms with Gasteiger partial charge in [-0.1, -0.05) is 23.8 Å². The molecule has 1 amide bonds. The van der Waals surface area contributed by atoms with Gasteiger partial charge in [0.1, 0.15) is 0 Å². The van der Waals surface area contributed by atoms with Gasteiger partial charge in [-0.15, -0.1) is 13.2 Å². The van der Waals surface area contributed by atoms with Crippen LogP contribution in [-0.2, 0) is 0 Å². The molecule has 0 N–H and O–H groups in total. The zero-order chi connectivity index (χ0) is 12.8. The van der Waals surface area contributed by atoms with E-state index in [1.807, 2.05) is 0 Å². The van der Waals surface area contributed by atoms with Crippen LogP contribution in [0.1, 0.15) is 10.4 Å². The highest BCUT2D eigenvalue weighted by molar-refractivity contribution is 14.1. The Kier molecular flexibility index (Phi) is 5.71. The lowest BCUT2D eigenvalue weighted by Gasteiger charge is -2.20. The van der Waals surface area contributed by atoms with Gasteiger partial charge in [-0.2, -0.15) is 0 Å². The van der Waals surface area contributed by atoms with Gasteiger partial charge in [0.2, 0.25) is 0 Å². The first-order valence-electron chi connectivity index (χ1n) is 5.06. The number of carbonyl (C=O) groups is 1. The van der Waals surface area contributed by atoms with Gasteiger partial charge < -0.3 is 4.90 Å². The molecule has 1 aromatic rings. The monoisotopic (exact) mass is 361 g/mol. The summed E-state index contributed by atoms with van der Waals surface area (Å²) in [7, 11) is 0. The lowest BCUT2D eigenvalue weighted by molar-refractivity contribution is 0.0790. The van der Waals surface area contributed by atoms with Crippen molar-refractivity contribution in [3.8, 4) is 0 Å². The van der Waals surface area contributed by atoms with Gasteiger partial charge in [-0.3, -0.25) is 4.79 Å². The van der Waals surface area contributed by atoms with Gasteiger partial charge in [0.05, 0.1) is 5.56 Å². The first-order chi connectivity index (χ1) is 8.10. The van der Waals surface area contributed by atoms with Crippen LogP contribution in [0.25, 0.3) is 0 Å². The molecule has 0 saturated heterocycles. The minimum absolute atomic E-state index is 0.0362. The summed E-state index contributed by atoms with van der Waals surface area (Å²) in [5, 5.41) is 0.630. The van der Waals surface area contributed by atoms with Gasteiger partial charge in [-0.05, 0) is 40.8 Å². The second-order valence-electron chi connectivity index (χ2n) is 3.41. The number of benzene rings is 1. The van der Waals surface area contributed by atoms with Gasteiger partial charge in [0.25, 0.3) is 5.91 Å². The topological polar surface area (TPSA) is 20.3 Å². The van der Waals surface area contributed by atoms with Crippen LogP contribution < -0.4 is 0 Å².